The van der Waals surface area contributed by atoms with Crippen LogP contribution in [0, 0.1) is 5.92 Å². The first kappa shape index (κ1) is 14.0. The fraction of sp³-hybridized carbons (Fsp3) is 0.182. The first-order chi connectivity index (χ1) is 8.09. The van der Waals surface area contributed by atoms with Crippen molar-refractivity contribution in [2.75, 3.05) is 0 Å². The van der Waals surface area contributed by atoms with Crippen molar-refractivity contribution in [3.05, 3.63) is 30.6 Å². The number of imidazole rings is 1. The predicted molar refractivity (Wildman–Crippen MR) is 57.3 cm³/mol. The molecule has 0 atom stereocenters. The van der Waals surface area contributed by atoms with Crippen LogP contribution in [0.25, 0.3) is 11.0 Å². The summed E-state index contributed by atoms with van der Waals surface area (Å²) in [7, 11) is 0. The topological polar surface area (TPSA) is 94.3 Å². The summed E-state index contributed by atoms with van der Waals surface area (Å²) in [5, 5.41) is 17.6. The number of carbonyl (C=O) groups is 2. The lowest BCUT2D eigenvalue weighted by atomic mass is 10.1. The van der Waals surface area contributed by atoms with Crippen LogP contribution in [0.1, 0.15) is 0 Å². The number of nitrogens with one attached hydrogen (secondary N) is 1. The van der Waals surface area contributed by atoms with Gasteiger partial charge in [0.15, 0.2) is 17.0 Å². The number of rotatable bonds is 4. The van der Waals surface area contributed by atoms with Crippen LogP contribution < -0.4 is 17.0 Å². The lowest BCUT2D eigenvalue weighted by Gasteiger charge is -2.04. The molecule has 96 valence electrons. The highest BCUT2D eigenvalue weighted by molar-refractivity contribution is 5.92. The van der Waals surface area contributed by atoms with E-state index in [1.54, 1.807) is 17.0 Å². The van der Waals surface area contributed by atoms with Gasteiger partial charge in [-0.15, -0.1) is 0 Å². The van der Waals surface area contributed by atoms with Gasteiger partial charge in [-0.3, -0.25) is 9.59 Å². The van der Waals surface area contributed by atoms with Crippen molar-refractivity contribution >= 4 is 23.0 Å². The van der Waals surface area contributed by atoms with Gasteiger partial charge in [0.1, 0.15) is 6.54 Å². The molecular weight excluding hydrogens is 260 g/mol. The van der Waals surface area contributed by atoms with Crippen LogP contribution in [0.5, 0.6) is 0 Å². The number of nitrogens with zero attached hydrogens (tertiary/aromatic N) is 1. The van der Waals surface area contributed by atoms with E-state index >= 15 is 0 Å². The molecule has 0 saturated heterocycles. The van der Waals surface area contributed by atoms with Crippen LogP contribution in [0.15, 0.2) is 30.6 Å². The number of halogens is 1. The zero-order valence-electron chi connectivity index (χ0n) is 9.21. The third kappa shape index (κ3) is 2.60. The van der Waals surface area contributed by atoms with E-state index in [0.29, 0.717) is 0 Å². The Kier molecular flexibility index (Phi) is 4.28. The van der Waals surface area contributed by atoms with Crippen LogP contribution in [0.2, 0.25) is 0 Å². The van der Waals surface area contributed by atoms with Crippen molar-refractivity contribution in [1.29, 1.82) is 0 Å². The number of aromatic amines is 1. The van der Waals surface area contributed by atoms with Gasteiger partial charge in [0, 0.05) is 0 Å². The maximum atomic E-state index is 10.8. The van der Waals surface area contributed by atoms with Gasteiger partial charge >= 0.3 is 11.9 Å². The van der Waals surface area contributed by atoms with Crippen molar-refractivity contribution in [2.24, 2.45) is 5.92 Å². The number of carboxylic acids is 2. The van der Waals surface area contributed by atoms with E-state index in [9.17, 15) is 9.59 Å². The van der Waals surface area contributed by atoms with Gasteiger partial charge in [0.25, 0.3) is 0 Å². The Balaban J connectivity index is 0.00000162. The molecule has 1 aromatic heterocycles. The number of para-hydroxylation sites is 2. The van der Waals surface area contributed by atoms with Crippen LogP contribution in [0.4, 0.5) is 0 Å². The molecule has 1 heterocycles. The summed E-state index contributed by atoms with van der Waals surface area (Å²) >= 11 is 0. The van der Waals surface area contributed by atoms with Gasteiger partial charge in [-0.25, -0.2) is 9.55 Å². The molecule has 2 rings (SSSR count). The zero-order chi connectivity index (χ0) is 12.4. The molecule has 0 radical (unpaired) electrons. The molecule has 0 saturated carbocycles. The summed E-state index contributed by atoms with van der Waals surface area (Å²) in [5.74, 6) is -4.12. The molecule has 6 nitrogen and oxygen atoms in total. The third-order valence-electron chi connectivity index (χ3n) is 2.56. The molecule has 0 spiro atoms. The number of aromatic nitrogens is 2. The fourth-order valence-corrected chi connectivity index (χ4v) is 1.67. The van der Waals surface area contributed by atoms with E-state index in [4.69, 9.17) is 10.2 Å². The van der Waals surface area contributed by atoms with E-state index in [-0.39, 0.29) is 19.0 Å². The summed E-state index contributed by atoms with van der Waals surface area (Å²) in [4.78, 5) is 24.5. The first-order valence-corrected chi connectivity index (χ1v) is 5.01. The SMILES string of the molecule is O=C(O)C(C[n+]1c[nH]c2ccccc21)C(=O)O.[Cl-]. The molecule has 0 fully saturated rings. The summed E-state index contributed by atoms with van der Waals surface area (Å²) in [6.07, 6.45) is 1.57. The first-order valence-electron chi connectivity index (χ1n) is 5.01. The van der Waals surface area contributed by atoms with Crippen molar-refractivity contribution in [3.8, 4) is 0 Å². The minimum Gasteiger partial charge on any atom is -1.00 e. The molecule has 2 aromatic rings. The predicted octanol–water partition coefficient (Wildman–Crippen LogP) is -2.76. The van der Waals surface area contributed by atoms with Gasteiger partial charge in [0.2, 0.25) is 6.33 Å². The van der Waals surface area contributed by atoms with Gasteiger partial charge in [-0.05, 0) is 12.1 Å². The standard InChI is InChI=1S/C11H10N2O4.ClH/c14-10(15)7(11(16)17)5-13-6-12-8-3-1-2-4-9(8)13;/h1-4,6-7H,5H2,(H2,14,15,16,17);1H. The number of hydrogen-bond acceptors (Lipinski definition) is 2. The number of H-pyrrole nitrogens is 1. The molecule has 0 aliphatic carbocycles. The van der Waals surface area contributed by atoms with Crippen LogP contribution in [-0.2, 0) is 16.1 Å². The van der Waals surface area contributed by atoms with Crippen molar-refractivity contribution < 1.29 is 36.8 Å². The highest BCUT2D eigenvalue weighted by Gasteiger charge is 2.29. The van der Waals surface area contributed by atoms with Gasteiger partial charge in [-0.1, -0.05) is 12.1 Å². The van der Waals surface area contributed by atoms with Crippen LogP contribution in [-0.4, -0.2) is 27.1 Å². The molecule has 1 aromatic carbocycles. The molecule has 18 heavy (non-hydrogen) atoms. The molecule has 0 aliphatic rings. The van der Waals surface area contributed by atoms with Crippen molar-refractivity contribution in [3.63, 3.8) is 0 Å². The smallest absolute Gasteiger partial charge is 0.322 e. The highest BCUT2D eigenvalue weighted by atomic mass is 35.5. The Bertz CT molecular complexity index is 567. The quantitative estimate of drug-likeness (QED) is 0.415. The second-order valence-electron chi connectivity index (χ2n) is 3.67. The lowest BCUT2D eigenvalue weighted by molar-refractivity contribution is -0.674. The Morgan fingerprint density at radius 2 is 1.83 bits per heavy atom. The maximum Gasteiger partial charge on any atom is 0.322 e. The maximum absolute atomic E-state index is 10.8. The highest BCUT2D eigenvalue weighted by Crippen LogP contribution is 2.07. The van der Waals surface area contributed by atoms with Crippen LogP contribution in [0.3, 0.4) is 0 Å². The number of aliphatic carboxylic acids is 2. The average molecular weight is 271 g/mol. The number of carboxylic acid groups (broad SMARTS) is 2. The summed E-state index contributed by atoms with van der Waals surface area (Å²) in [6.45, 7) is -0.103. The Labute approximate surface area is 108 Å². The second kappa shape index (κ2) is 5.50. The van der Waals surface area contributed by atoms with E-state index in [1.165, 1.54) is 0 Å². The van der Waals surface area contributed by atoms with Crippen molar-refractivity contribution in [1.82, 2.24) is 4.98 Å². The normalized spacial score (nSPS) is 10.3. The zero-order valence-corrected chi connectivity index (χ0v) is 9.96. The molecular formula is C11H11ClN2O4. The molecule has 0 bridgehead atoms. The number of hydrogen-bond donors (Lipinski definition) is 3. The van der Waals surface area contributed by atoms with Gasteiger partial charge < -0.3 is 22.6 Å². The number of fused-ring (bicyclic) bond motifs is 1. The molecule has 0 amide bonds. The largest absolute Gasteiger partial charge is 1.00 e. The average Bonchev–Trinajstić information content (AvgIpc) is 2.68. The summed E-state index contributed by atoms with van der Waals surface area (Å²) in [5.41, 5.74) is 1.61. The summed E-state index contributed by atoms with van der Waals surface area (Å²) < 4.78 is 1.59. The Morgan fingerprint density at radius 3 is 2.44 bits per heavy atom. The van der Waals surface area contributed by atoms with E-state index < -0.39 is 17.9 Å². The Hall–Kier alpha value is -2.08. The van der Waals surface area contributed by atoms with E-state index in [2.05, 4.69) is 4.98 Å². The lowest BCUT2D eigenvalue weighted by Crippen LogP contribution is -3.00. The fourth-order valence-electron chi connectivity index (χ4n) is 1.67. The Morgan fingerprint density at radius 1 is 1.22 bits per heavy atom. The van der Waals surface area contributed by atoms with E-state index in [0.717, 1.165) is 11.0 Å². The molecule has 0 unspecified atom stereocenters. The summed E-state index contributed by atoms with van der Waals surface area (Å²) in [6, 6.07) is 7.28. The number of benzene rings is 1. The third-order valence-corrected chi connectivity index (χ3v) is 2.56. The monoisotopic (exact) mass is 270 g/mol. The second-order valence-corrected chi connectivity index (χ2v) is 3.67. The minimum atomic E-state index is -1.45. The van der Waals surface area contributed by atoms with Crippen LogP contribution >= 0.6 is 0 Å². The minimum absolute atomic E-state index is 0. The molecule has 0 aliphatic heterocycles. The van der Waals surface area contributed by atoms with E-state index in [1.807, 2.05) is 18.2 Å². The molecule has 3 N–H and O–H groups in total. The molecule has 7 heteroatoms. The van der Waals surface area contributed by atoms with Crippen molar-refractivity contribution in [2.45, 2.75) is 6.54 Å². The van der Waals surface area contributed by atoms with Gasteiger partial charge in [-0.2, -0.15) is 0 Å². The van der Waals surface area contributed by atoms with Gasteiger partial charge in [0.05, 0.1) is 0 Å².